The van der Waals surface area contributed by atoms with Crippen molar-refractivity contribution in [1.82, 2.24) is 4.98 Å². The fourth-order valence-corrected chi connectivity index (χ4v) is 3.41. The summed E-state index contributed by atoms with van der Waals surface area (Å²) in [5, 5.41) is 1.08. The summed E-state index contributed by atoms with van der Waals surface area (Å²) in [6, 6.07) is 12.3. The SMILES string of the molecule is Cc1cc(Br)cc2c1Oc1c(cnc3ccccc13)C2. The van der Waals surface area contributed by atoms with Crippen molar-refractivity contribution < 1.29 is 4.74 Å². The standard InChI is InChI=1S/C17H12BrNO/c1-10-6-13(18)8-11-7-12-9-19-15-5-3-2-4-14(15)17(12)20-16(10)11/h2-6,8-9H,7H2,1H3. The van der Waals surface area contributed by atoms with Gasteiger partial charge in [-0.1, -0.05) is 28.1 Å². The van der Waals surface area contributed by atoms with Crippen LogP contribution in [0.1, 0.15) is 16.7 Å². The summed E-state index contributed by atoms with van der Waals surface area (Å²) >= 11 is 3.55. The zero-order valence-corrected chi connectivity index (χ0v) is 12.6. The van der Waals surface area contributed by atoms with Crippen LogP contribution in [0.15, 0.2) is 47.1 Å². The molecule has 20 heavy (non-hydrogen) atoms. The average molecular weight is 326 g/mol. The Morgan fingerprint density at radius 3 is 2.85 bits per heavy atom. The van der Waals surface area contributed by atoms with E-state index >= 15 is 0 Å². The molecule has 98 valence electrons. The number of hydrogen-bond donors (Lipinski definition) is 0. The lowest BCUT2D eigenvalue weighted by Gasteiger charge is -2.23. The first kappa shape index (κ1) is 11.9. The van der Waals surface area contributed by atoms with Gasteiger partial charge < -0.3 is 4.74 Å². The molecule has 0 radical (unpaired) electrons. The summed E-state index contributed by atoms with van der Waals surface area (Å²) in [5.41, 5.74) is 4.49. The molecule has 0 saturated carbocycles. The van der Waals surface area contributed by atoms with Gasteiger partial charge in [-0.25, -0.2) is 0 Å². The molecular weight excluding hydrogens is 314 g/mol. The summed E-state index contributed by atoms with van der Waals surface area (Å²) < 4.78 is 7.31. The second kappa shape index (κ2) is 4.32. The molecule has 0 spiro atoms. The molecule has 0 fully saturated rings. The number of hydrogen-bond acceptors (Lipinski definition) is 2. The Labute approximate surface area is 125 Å². The fourth-order valence-electron chi connectivity index (χ4n) is 2.79. The molecule has 0 N–H and O–H groups in total. The van der Waals surface area contributed by atoms with Gasteiger partial charge in [0.05, 0.1) is 5.52 Å². The Kier molecular flexibility index (Phi) is 2.57. The van der Waals surface area contributed by atoms with E-state index in [1.54, 1.807) is 0 Å². The van der Waals surface area contributed by atoms with Crippen LogP contribution in [0.2, 0.25) is 0 Å². The molecule has 1 aliphatic rings. The largest absolute Gasteiger partial charge is 0.456 e. The fraction of sp³-hybridized carbons (Fsp3) is 0.118. The van der Waals surface area contributed by atoms with Crippen molar-refractivity contribution in [2.75, 3.05) is 0 Å². The van der Waals surface area contributed by atoms with E-state index in [9.17, 15) is 0 Å². The van der Waals surface area contributed by atoms with Crippen LogP contribution in [0.4, 0.5) is 0 Å². The van der Waals surface area contributed by atoms with Gasteiger partial charge in [0, 0.05) is 33.6 Å². The Hall–Kier alpha value is -1.87. The highest BCUT2D eigenvalue weighted by molar-refractivity contribution is 9.10. The highest BCUT2D eigenvalue weighted by atomic mass is 79.9. The summed E-state index contributed by atoms with van der Waals surface area (Å²) in [6.07, 6.45) is 2.79. The van der Waals surface area contributed by atoms with Crippen molar-refractivity contribution in [2.24, 2.45) is 0 Å². The minimum atomic E-state index is 0.864. The van der Waals surface area contributed by atoms with Gasteiger partial charge in [-0.3, -0.25) is 4.98 Å². The molecule has 3 aromatic rings. The number of benzene rings is 2. The van der Waals surface area contributed by atoms with Gasteiger partial charge in [0.15, 0.2) is 0 Å². The first-order valence-electron chi connectivity index (χ1n) is 6.56. The Bertz CT molecular complexity index is 842. The highest BCUT2D eigenvalue weighted by Crippen LogP contribution is 2.42. The molecule has 0 amide bonds. The topological polar surface area (TPSA) is 22.1 Å². The highest BCUT2D eigenvalue weighted by Gasteiger charge is 2.21. The van der Waals surface area contributed by atoms with E-state index in [-0.39, 0.29) is 0 Å². The van der Waals surface area contributed by atoms with Crippen LogP contribution >= 0.6 is 15.9 Å². The number of para-hydroxylation sites is 1. The minimum Gasteiger partial charge on any atom is -0.456 e. The van der Waals surface area contributed by atoms with Crippen molar-refractivity contribution >= 4 is 26.8 Å². The molecule has 2 heterocycles. The van der Waals surface area contributed by atoms with Crippen molar-refractivity contribution in [3.05, 3.63) is 63.8 Å². The first-order valence-corrected chi connectivity index (χ1v) is 7.35. The Morgan fingerprint density at radius 1 is 1.10 bits per heavy atom. The smallest absolute Gasteiger partial charge is 0.141 e. The van der Waals surface area contributed by atoms with Crippen molar-refractivity contribution in [1.29, 1.82) is 0 Å². The summed E-state index contributed by atoms with van der Waals surface area (Å²) in [6.45, 7) is 2.08. The van der Waals surface area contributed by atoms with Crippen LogP contribution in [0.5, 0.6) is 11.5 Å². The van der Waals surface area contributed by atoms with Crippen LogP contribution in [-0.4, -0.2) is 4.98 Å². The van der Waals surface area contributed by atoms with E-state index in [0.29, 0.717) is 0 Å². The number of fused-ring (bicyclic) bond motifs is 4. The quantitative estimate of drug-likeness (QED) is 0.453. The molecule has 0 bridgehead atoms. The van der Waals surface area contributed by atoms with Crippen LogP contribution in [0, 0.1) is 6.92 Å². The van der Waals surface area contributed by atoms with E-state index in [0.717, 1.165) is 44.4 Å². The Morgan fingerprint density at radius 2 is 1.95 bits per heavy atom. The third-order valence-electron chi connectivity index (χ3n) is 3.70. The number of halogens is 1. The summed E-state index contributed by atoms with van der Waals surface area (Å²) in [4.78, 5) is 4.52. The normalized spacial score (nSPS) is 12.7. The van der Waals surface area contributed by atoms with Gasteiger partial charge in [0.25, 0.3) is 0 Å². The lowest BCUT2D eigenvalue weighted by atomic mass is 9.98. The number of aromatic nitrogens is 1. The molecule has 2 aromatic carbocycles. The second-order valence-electron chi connectivity index (χ2n) is 5.12. The predicted octanol–water partition coefficient (Wildman–Crippen LogP) is 5.00. The minimum absolute atomic E-state index is 0.864. The number of nitrogens with zero attached hydrogens (tertiary/aromatic N) is 1. The van der Waals surface area contributed by atoms with Crippen molar-refractivity contribution in [3.8, 4) is 11.5 Å². The van der Waals surface area contributed by atoms with Crippen molar-refractivity contribution in [3.63, 3.8) is 0 Å². The van der Waals surface area contributed by atoms with Gasteiger partial charge in [-0.2, -0.15) is 0 Å². The molecule has 2 nitrogen and oxygen atoms in total. The lowest BCUT2D eigenvalue weighted by Crippen LogP contribution is -2.06. The van der Waals surface area contributed by atoms with E-state index < -0.39 is 0 Å². The van der Waals surface area contributed by atoms with Crippen LogP contribution in [0.3, 0.4) is 0 Å². The molecule has 4 rings (SSSR count). The third-order valence-corrected chi connectivity index (χ3v) is 4.16. The van der Waals surface area contributed by atoms with E-state index in [4.69, 9.17) is 4.74 Å². The van der Waals surface area contributed by atoms with Crippen LogP contribution in [-0.2, 0) is 6.42 Å². The maximum Gasteiger partial charge on any atom is 0.141 e. The maximum atomic E-state index is 6.22. The summed E-state index contributed by atoms with van der Waals surface area (Å²) in [5.74, 6) is 1.94. The maximum absolute atomic E-state index is 6.22. The van der Waals surface area contributed by atoms with Gasteiger partial charge in [-0.05, 0) is 36.8 Å². The number of ether oxygens (including phenoxy) is 1. The molecule has 0 saturated heterocycles. The molecule has 1 aromatic heterocycles. The molecular formula is C17H12BrNO. The van der Waals surface area contributed by atoms with Gasteiger partial charge in [0.2, 0.25) is 0 Å². The van der Waals surface area contributed by atoms with Crippen LogP contribution in [0.25, 0.3) is 10.9 Å². The number of aryl methyl sites for hydroxylation is 1. The first-order chi connectivity index (χ1) is 9.72. The summed E-state index contributed by atoms with van der Waals surface area (Å²) in [7, 11) is 0. The third kappa shape index (κ3) is 1.74. The van der Waals surface area contributed by atoms with Crippen LogP contribution < -0.4 is 4.74 Å². The number of rotatable bonds is 0. The Balaban J connectivity index is 1.96. The molecule has 0 aliphatic carbocycles. The zero-order valence-electron chi connectivity index (χ0n) is 11.0. The van der Waals surface area contributed by atoms with Crippen molar-refractivity contribution in [2.45, 2.75) is 13.3 Å². The van der Waals surface area contributed by atoms with E-state index in [1.807, 2.05) is 24.4 Å². The lowest BCUT2D eigenvalue weighted by molar-refractivity contribution is 0.461. The molecule has 0 atom stereocenters. The van der Waals surface area contributed by atoms with E-state index in [1.165, 1.54) is 5.56 Å². The molecule has 1 aliphatic heterocycles. The van der Waals surface area contributed by atoms with Gasteiger partial charge >= 0.3 is 0 Å². The predicted molar refractivity (Wildman–Crippen MR) is 83.5 cm³/mol. The van der Waals surface area contributed by atoms with E-state index in [2.05, 4.69) is 46.0 Å². The average Bonchev–Trinajstić information content (AvgIpc) is 2.45. The monoisotopic (exact) mass is 325 g/mol. The van der Waals surface area contributed by atoms with Gasteiger partial charge in [-0.15, -0.1) is 0 Å². The van der Waals surface area contributed by atoms with Gasteiger partial charge in [0.1, 0.15) is 11.5 Å². The second-order valence-corrected chi connectivity index (χ2v) is 6.04. The molecule has 0 unspecified atom stereocenters. The number of pyridine rings is 1. The zero-order chi connectivity index (χ0) is 13.7. The molecule has 3 heteroatoms.